The lowest BCUT2D eigenvalue weighted by Crippen LogP contribution is -2.29. The first-order valence-electron chi connectivity index (χ1n) is 5.76. The van der Waals surface area contributed by atoms with Crippen LogP contribution in [0.3, 0.4) is 0 Å². The third-order valence-corrected chi connectivity index (χ3v) is 3.52. The van der Waals surface area contributed by atoms with E-state index in [1.807, 2.05) is 12.1 Å². The SMILES string of the molecule is CCC(CC)N(C)Cc1cc(Br)ccc1O. The molecule has 0 bridgehead atoms. The molecule has 0 aliphatic carbocycles. The van der Waals surface area contributed by atoms with E-state index in [1.165, 1.54) is 0 Å². The van der Waals surface area contributed by atoms with Crippen molar-refractivity contribution in [2.24, 2.45) is 0 Å². The molecule has 0 unspecified atom stereocenters. The second kappa shape index (κ2) is 6.26. The van der Waals surface area contributed by atoms with Crippen molar-refractivity contribution in [2.75, 3.05) is 7.05 Å². The summed E-state index contributed by atoms with van der Waals surface area (Å²) in [6, 6.07) is 6.16. The summed E-state index contributed by atoms with van der Waals surface area (Å²) in [5.74, 6) is 0.376. The number of hydrogen-bond acceptors (Lipinski definition) is 2. The van der Waals surface area contributed by atoms with Crippen LogP contribution >= 0.6 is 15.9 Å². The van der Waals surface area contributed by atoms with Crippen molar-refractivity contribution in [3.05, 3.63) is 28.2 Å². The van der Waals surface area contributed by atoms with E-state index in [0.29, 0.717) is 11.8 Å². The molecule has 2 nitrogen and oxygen atoms in total. The molecular formula is C13H20BrNO. The minimum atomic E-state index is 0.376. The van der Waals surface area contributed by atoms with Gasteiger partial charge in [0.2, 0.25) is 0 Å². The third-order valence-electron chi connectivity index (χ3n) is 3.03. The normalized spacial score (nSPS) is 11.4. The lowest BCUT2D eigenvalue weighted by molar-refractivity contribution is 0.219. The van der Waals surface area contributed by atoms with Crippen LogP contribution in [0.15, 0.2) is 22.7 Å². The topological polar surface area (TPSA) is 23.5 Å². The van der Waals surface area contributed by atoms with Crippen LogP contribution in [0.4, 0.5) is 0 Å². The van der Waals surface area contributed by atoms with E-state index in [-0.39, 0.29) is 0 Å². The Labute approximate surface area is 106 Å². The van der Waals surface area contributed by atoms with E-state index in [0.717, 1.165) is 29.4 Å². The summed E-state index contributed by atoms with van der Waals surface area (Å²) >= 11 is 3.43. The maximum atomic E-state index is 9.76. The molecule has 0 fully saturated rings. The van der Waals surface area contributed by atoms with Crippen molar-refractivity contribution in [1.29, 1.82) is 0 Å². The lowest BCUT2D eigenvalue weighted by atomic mass is 10.1. The van der Waals surface area contributed by atoms with Crippen LogP contribution in [0.25, 0.3) is 0 Å². The Morgan fingerprint density at radius 3 is 2.50 bits per heavy atom. The van der Waals surface area contributed by atoms with E-state index in [2.05, 4.69) is 41.7 Å². The van der Waals surface area contributed by atoms with Gasteiger partial charge in [0.05, 0.1) is 0 Å². The number of nitrogens with zero attached hydrogens (tertiary/aromatic N) is 1. The summed E-state index contributed by atoms with van der Waals surface area (Å²) in [6.07, 6.45) is 2.28. The molecule has 0 spiro atoms. The number of aromatic hydroxyl groups is 1. The maximum absolute atomic E-state index is 9.76. The summed E-state index contributed by atoms with van der Waals surface area (Å²) in [5.41, 5.74) is 0.976. The molecule has 0 heterocycles. The Balaban J connectivity index is 2.75. The molecule has 1 rings (SSSR count). The van der Waals surface area contributed by atoms with Gasteiger partial charge in [-0.2, -0.15) is 0 Å². The monoisotopic (exact) mass is 285 g/mol. The molecular weight excluding hydrogens is 266 g/mol. The number of rotatable bonds is 5. The van der Waals surface area contributed by atoms with Gasteiger partial charge in [0.25, 0.3) is 0 Å². The van der Waals surface area contributed by atoms with E-state index in [9.17, 15) is 5.11 Å². The van der Waals surface area contributed by atoms with Gasteiger partial charge in [0.15, 0.2) is 0 Å². The summed E-state index contributed by atoms with van der Waals surface area (Å²) in [6.45, 7) is 5.19. The van der Waals surface area contributed by atoms with Crippen molar-refractivity contribution < 1.29 is 5.11 Å². The number of halogens is 1. The van der Waals surface area contributed by atoms with Crippen LogP contribution < -0.4 is 0 Å². The summed E-state index contributed by atoms with van der Waals surface area (Å²) < 4.78 is 1.01. The van der Waals surface area contributed by atoms with E-state index < -0.39 is 0 Å². The fraction of sp³-hybridized carbons (Fsp3) is 0.538. The van der Waals surface area contributed by atoms with Gasteiger partial charge < -0.3 is 5.11 Å². The van der Waals surface area contributed by atoms with Crippen molar-refractivity contribution in [2.45, 2.75) is 39.3 Å². The number of benzene rings is 1. The minimum Gasteiger partial charge on any atom is -0.508 e. The smallest absolute Gasteiger partial charge is 0.120 e. The highest BCUT2D eigenvalue weighted by Gasteiger charge is 2.12. The van der Waals surface area contributed by atoms with Gasteiger partial charge in [-0.1, -0.05) is 29.8 Å². The Kier molecular flexibility index (Phi) is 5.29. The predicted molar refractivity (Wildman–Crippen MR) is 71.6 cm³/mol. The highest BCUT2D eigenvalue weighted by Crippen LogP contribution is 2.24. The Morgan fingerprint density at radius 2 is 1.94 bits per heavy atom. The molecule has 0 aliphatic heterocycles. The van der Waals surface area contributed by atoms with Crippen LogP contribution in [0.1, 0.15) is 32.3 Å². The maximum Gasteiger partial charge on any atom is 0.120 e. The molecule has 0 aromatic heterocycles. The highest BCUT2D eigenvalue weighted by molar-refractivity contribution is 9.10. The Morgan fingerprint density at radius 1 is 1.31 bits per heavy atom. The lowest BCUT2D eigenvalue weighted by Gasteiger charge is -2.26. The molecule has 0 saturated heterocycles. The molecule has 0 atom stereocenters. The van der Waals surface area contributed by atoms with Gasteiger partial charge in [-0.05, 0) is 38.1 Å². The first-order chi connectivity index (χ1) is 7.58. The standard InChI is InChI=1S/C13H20BrNO/c1-4-12(5-2)15(3)9-10-8-11(14)6-7-13(10)16/h6-8,12,16H,4-5,9H2,1-3H3. The quantitative estimate of drug-likeness (QED) is 0.890. The van der Waals surface area contributed by atoms with E-state index in [1.54, 1.807) is 6.07 Å². The number of phenolic OH excluding ortho intramolecular Hbond substituents is 1. The molecule has 0 aliphatic rings. The van der Waals surface area contributed by atoms with E-state index in [4.69, 9.17) is 0 Å². The first-order valence-corrected chi connectivity index (χ1v) is 6.55. The molecule has 0 radical (unpaired) electrons. The average Bonchev–Trinajstić information content (AvgIpc) is 2.25. The first kappa shape index (κ1) is 13.5. The molecule has 1 aromatic carbocycles. The van der Waals surface area contributed by atoms with Crippen LogP contribution in [-0.4, -0.2) is 23.1 Å². The zero-order valence-corrected chi connectivity index (χ0v) is 11.8. The van der Waals surface area contributed by atoms with Crippen molar-refractivity contribution in [3.63, 3.8) is 0 Å². The van der Waals surface area contributed by atoms with Gasteiger partial charge in [-0.3, -0.25) is 4.90 Å². The third kappa shape index (κ3) is 3.49. The molecule has 90 valence electrons. The van der Waals surface area contributed by atoms with Gasteiger partial charge in [-0.25, -0.2) is 0 Å². The molecule has 0 saturated carbocycles. The summed E-state index contributed by atoms with van der Waals surface area (Å²) in [4.78, 5) is 2.29. The Bertz CT molecular complexity index is 337. The number of hydrogen-bond donors (Lipinski definition) is 1. The van der Waals surface area contributed by atoms with Gasteiger partial charge in [0, 0.05) is 22.6 Å². The van der Waals surface area contributed by atoms with Crippen LogP contribution in [0.2, 0.25) is 0 Å². The van der Waals surface area contributed by atoms with Crippen molar-refractivity contribution in [3.8, 4) is 5.75 Å². The summed E-state index contributed by atoms with van der Waals surface area (Å²) in [5, 5.41) is 9.76. The minimum absolute atomic E-state index is 0.376. The molecule has 16 heavy (non-hydrogen) atoms. The fourth-order valence-electron chi connectivity index (χ4n) is 1.99. The highest BCUT2D eigenvalue weighted by atomic mass is 79.9. The largest absolute Gasteiger partial charge is 0.508 e. The second-order valence-corrected chi connectivity index (χ2v) is 5.07. The van der Waals surface area contributed by atoms with Crippen molar-refractivity contribution >= 4 is 15.9 Å². The molecule has 0 amide bonds. The number of phenols is 1. The predicted octanol–water partition coefficient (Wildman–Crippen LogP) is 3.78. The molecule has 1 aromatic rings. The summed E-state index contributed by atoms with van der Waals surface area (Å²) in [7, 11) is 2.11. The van der Waals surface area contributed by atoms with Crippen LogP contribution in [-0.2, 0) is 6.54 Å². The second-order valence-electron chi connectivity index (χ2n) is 4.16. The molecule has 3 heteroatoms. The van der Waals surface area contributed by atoms with Gasteiger partial charge >= 0.3 is 0 Å². The van der Waals surface area contributed by atoms with Crippen LogP contribution in [0.5, 0.6) is 5.75 Å². The average molecular weight is 286 g/mol. The fourth-order valence-corrected chi connectivity index (χ4v) is 2.40. The zero-order valence-electron chi connectivity index (χ0n) is 10.2. The zero-order chi connectivity index (χ0) is 12.1. The molecule has 1 N–H and O–H groups in total. The van der Waals surface area contributed by atoms with Crippen LogP contribution in [0, 0.1) is 0 Å². The van der Waals surface area contributed by atoms with Crippen molar-refractivity contribution in [1.82, 2.24) is 4.90 Å². The Hall–Kier alpha value is -0.540. The van der Waals surface area contributed by atoms with Gasteiger partial charge in [0.1, 0.15) is 5.75 Å². The van der Waals surface area contributed by atoms with Gasteiger partial charge in [-0.15, -0.1) is 0 Å². The van der Waals surface area contributed by atoms with E-state index >= 15 is 0 Å².